The van der Waals surface area contributed by atoms with Crippen LogP contribution in [0.15, 0.2) is 28.9 Å². The van der Waals surface area contributed by atoms with Crippen LogP contribution in [-0.2, 0) is 20.1 Å². The van der Waals surface area contributed by atoms with Crippen LogP contribution < -0.4 is 5.32 Å². The third kappa shape index (κ3) is 3.62. The zero-order valence-corrected chi connectivity index (χ0v) is 11.8. The zero-order valence-electron chi connectivity index (χ0n) is 11.0. The van der Waals surface area contributed by atoms with Gasteiger partial charge in [0.05, 0.1) is 24.2 Å². The summed E-state index contributed by atoms with van der Waals surface area (Å²) in [5.41, 5.74) is 2.34. The van der Waals surface area contributed by atoms with Gasteiger partial charge in [-0.2, -0.15) is 5.10 Å². The summed E-state index contributed by atoms with van der Waals surface area (Å²) in [7, 11) is 1.98. The van der Waals surface area contributed by atoms with Crippen LogP contribution in [0.3, 0.4) is 0 Å². The monoisotopic (exact) mass is 269 g/mol. The van der Waals surface area contributed by atoms with Crippen LogP contribution in [0.25, 0.3) is 0 Å². The van der Waals surface area contributed by atoms with E-state index in [0.717, 1.165) is 24.5 Å². The topological polar surface area (TPSA) is 43.0 Å². The Bertz CT molecular complexity index is 463. The summed E-state index contributed by atoms with van der Waals surface area (Å²) in [4.78, 5) is 0. The summed E-state index contributed by atoms with van der Waals surface area (Å²) >= 11 is 0. The van der Waals surface area contributed by atoms with Crippen molar-refractivity contribution in [3.63, 3.8) is 0 Å². The molecule has 0 saturated heterocycles. The van der Waals surface area contributed by atoms with E-state index in [4.69, 9.17) is 4.42 Å². The SMILES string of the molecule is CC(C)c1cc(CNCc2ccco2)n(C)n1.Cl. The average molecular weight is 270 g/mol. The molecular weight excluding hydrogens is 250 g/mol. The lowest BCUT2D eigenvalue weighted by Crippen LogP contribution is -2.14. The molecule has 0 spiro atoms. The van der Waals surface area contributed by atoms with Gasteiger partial charge in [0, 0.05) is 13.6 Å². The second-order valence-corrected chi connectivity index (χ2v) is 4.52. The first kappa shape index (κ1) is 14.8. The molecule has 0 atom stereocenters. The summed E-state index contributed by atoms with van der Waals surface area (Å²) in [6, 6.07) is 6.02. The van der Waals surface area contributed by atoms with Crippen molar-refractivity contribution < 1.29 is 4.42 Å². The predicted molar refractivity (Wildman–Crippen MR) is 73.8 cm³/mol. The average Bonchev–Trinajstić information content (AvgIpc) is 2.89. The molecule has 4 nitrogen and oxygen atoms in total. The van der Waals surface area contributed by atoms with E-state index in [1.54, 1.807) is 6.26 Å². The molecule has 0 unspecified atom stereocenters. The predicted octanol–water partition coefficient (Wildman–Crippen LogP) is 2.85. The Labute approximate surface area is 114 Å². The normalized spacial score (nSPS) is 10.7. The highest BCUT2D eigenvalue weighted by Gasteiger charge is 2.07. The van der Waals surface area contributed by atoms with Gasteiger partial charge in [-0.1, -0.05) is 13.8 Å². The Morgan fingerprint density at radius 1 is 1.39 bits per heavy atom. The number of halogens is 1. The minimum atomic E-state index is 0. The van der Waals surface area contributed by atoms with Crippen molar-refractivity contribution >= 4 is 12.4 Å². The smallest absolute Gasteiger partial charge is 0.117 e. The Hall–Kier alpha value is -1.26. The van der Waals surface area contributed by atoms with Gasteiger partial charge in [0.2, 0.25) is 0 Å². The maximum Gasteiger partial charge on any atom is 0.117 e. The lowest BCUT2D eigenvalue weighted by Gasteiger charge is -2.02. The number of hydrogen-bond acceptors (Lipinski definition) is 3. The van der Waals surface area contributed by atoms with Crippen molar-refractivity contribution in [2.24, 2.45) is 7.05 Å². The minimum absolute atomic E-state index is 0. The number of rotatable bonds is 5. The molecule has 1 N–H and O–H groups in total. The van der Waals surface area contributed by atoms with Gasteiger partial charge >= 0.3 is 0 Å². The van der Waals surface area contributed by atoms with Gasteiger partial charge in [0.1, 0.15) is 5.76 Å². The van der Waals surface area contributed by atoms with Crippen molar-refractivity contribution in [3.05, 3.63) is 41.6 Å². The number of aryl methyl sites for hydroxylation is 1. The maximum absolute atomic E-state index is 5.26. The largest absolute Gasteiger partial charge is 0.468 e. The van der Waals surface area contributed by atoms with E-state index in [1.165, 1.54) is 5.69 Å². The first-order chi connectivity index (χ1) is 8.16. The van der Waals surface area contributed by atoms with Crippen LogP contribution in [-0.4, -0.2) is 9.78 Å². The second kappa shape index (κ2) is 6.61. The van der Waals surface area contributed by atoms with Gasteiger partial charge in [-0.3, -0.25) is 4.68 Å². The molecule has 2 aromatic heterocycles. The van der Waals surface area contributed by atoms with Crippen LogP contribution in [0.1, 0.15) is 36.9 Å². The third-order valence-corrected chi connectivity index (χ3v) is 2.77. The lowest BCUT2D eigenvalue weighted by atomic mass is 10.1. The van der Waals surface area contributed by atoms with Crippen LogP contribution in [0.5, 0.6) is 0 Å². The summed E-state index contributed by atoms with van der Waals surface area (Å²) in [5, 5.41) is 7.82. The number of furan rings is 1. The zero-order chi connectivity index (χ0) is 12.3. The second-order valence-electron chi connectivity index (χ2n) is 4.52. The quantitative estimate of drug-likeness (QED) is 0.908. The molecule has 0 aliphatic heterocycles. The van der Waals surface area contributed by atoms with Gasteiger partial charge in [0.15, 0.2) is 0 Å². The summed E-state index contributed by atoms with van der Waals surface area (Å²) in [5.74, 6) is 1.43. The van der Waals surface area contributed by atoms with Crippen molar-refractivity contribution in [1.29, 1.82) is 0 Å². The van der Waals surface area contributed by atoms with Crippen molar-refractivity contribution in [2.45, 2.75) is 32.9 Å². The van der Waals surface area contributed by atoms with Gasteiger partial charge in [-0.25, -0.2) is 0 Å². The Kier molecular flexibility index (Phi) is 5.44. The van der Waals surface area contributed by atoms with E-state index in [1.807, 2.05) is 23.9 Å². The minimum Gasteiger partial charge on any atom is -0.468 e. The van der Waals surface area contributed by atoms with Crippen LogP contribution in [0, 0.1) is 0 Å². The fraction of sp³-hybridized carbons (Fsp3) is 0.462. The van der Waals surface area contributed by atoms with E-state index in [-0.39, 0.29) is 12.4 Å². The molecule has 5 heteroatoms. The summed E-state index contributed by atoms with van der Waals surface area (Å²) < 4.78 is 7.20. The van der Waals surface area contributed by atoms with Gasteiger partial charge in [0.25, 0.3) is 0 Å². The van der Waals surface area contributed by atoms with Gasteiger partial charge in [-0.15, -0.1) is 12.4 Å². The molecule has 0 aliphatic carbocycles. The first-order valence-corrected chi connectivity index (χ1v) is 5.92. The van der Waals surface area contributed by atoms with Crippen LogP contribution in [0.4, 0.5) is 0 Å². The van der Waals surface area contributed by atoms with E-state index in [2.05, 4.69) is 30.3 Å². The van der Waals surface area contributed by atoms with Crippen molar-refractivity contribution in [2.75, 3.05) is 0 Å². The summed E-state index contributed by atoms with van der Waals surface area (Å²) in [6.07, 6.45) is 1.69. The molecular formula is C13H20ClN3O. The van der Waals surface area contributed by atoms with E-state index in [9.17, 15) is 0 Å². The molecule has 0 saturated carbocycles. The van der Waals surface area contributed by atoms with Gasteiger partial charge < -0.3 is 9.73 Å². The standard InChI is InChI=1S/C13H19N3O.ClH/c1-10(2)13-7-11(16(3)15-13)8-14-9-12-5-4-6-17-12;/h4-7,10,14H,8-9H2,1-3H3;1H. The molecule has 0 aliphatic rings. The van der Waals surface area contributed by atoms with E-state index >= 15 is 0 Å². The van der Waals surface area contributed by atoms with Crippen molar-refractivity contribution in [1.82, 2.24) is 15.1 Å². The highest BCUT2D eigenvalue weighted by molar-refractivity contribution is 5.85. The molecule has 0 fully saturated rings. The fourth-order valence-corrected chi connectivity index (χ4v) is 1.70. The molecule has 0 amide bonds. The van der Waals surface area contributed by atoms with E-state index < -0.39 is 0 Å². The fourth-order valence-electron chi connectivity index (χ4n) is 1.70. The van der Waals surface area contributed by atoms with Crippen LogP contribution in [0.2, 0.25) is 0 Å². The number of aromatic nitrogens is 2. The Morgan fingerprint density at radius 3 is 2.72 bits per heavy atom. The molecule has 0 radical (unpaired) electrons. The number of hydrogen-bond donors (Lipinski definition) is 1. The molecule has 2 heterocycles. The first-order valence-electron chi connectivity index (χ1n) is 5.92. The third-order valence-electron chi connectivity index (χ3n) is 2.77. The van der Waals surface area contributed by atoms with Crippen LogP contribution >= 0.6 is 12.4 Å². The molecule has 2 aromatic rings. The molecule has 18 heavy (non-hydrogen) atoms. The maximum atomic E-state index is 5.26. The summed E-state index contributed by atoms with van der Waals surface area (Å²) in [6.45, 7) is 5.86. The lowest BCUT2D eigenvalue weighted by molar-refractivity contribution is 0.479. The van der Waals surface area contributed by atoms with Crippen molar-refractivity contribution in [3.8, 4) is 0 Å². The van der Waals surface area contributed by atoms with Gasteiger partial charge in [-0.05, 0) is 24.1 Å². The van der Waals surface area contributed by atoms with E-state index in [0.29, 0.717) is 5.92 Å². The molecule has 100 valence electrons. The number of nitrogens with zero attached hydrogens (tertiary/aromatic N) is 2. The molecule has 0 bridgehead atoms. The highest BCUT2D eigenvalue weighted by Crippen LogP contribution is 2.13. The Morgan fingerprint density at radius 2 is 2.17 bits per heavy atom. The highest BCUT2D eigenvalue weighted by atomic mass is 35.5. The molecule has 0 aromatic carbocycles. The molecule has 2 rings (SSSR count). The number of nitrogens with one attached hydrogen (secondary N) is 1. The Balaban J connectivity index is 0.00000162.